The highest BCUT2D eigenvalue weighted by molar-refractivity contribution is 9.15. The summed E-state index contributed by atoms with van der Waals surface area (Å²) in [6.45, 7) is 8.84. The average molecular weight is 268 g/mol. The summed E-state index contributed by atoms with van der Waals surface area (Å²) in [7, 11) is 0. The first-order chi connectivity index (χ1) is 4.46. The van der Waals surface area contributed by atoms with Gasteiger partial charge in [-0.25, -0.2) is 0 Å². The van der Waals surface area contributed by atoms with E-state index in [0.29, 0.717) is 14.5 Å². The Morgan fingerprint density at radius 2 is 1.70 bits per heavy atom. The van der Waals surface area contributed by atoms with E-state index in [0.717, 1.165) is 0 Å². The average Bonchev–Trinajstić information content (AvgIpc) is 1.84. The molecule has 0 aromatic carbocycles. The maximum Gasteiger partial charge on any atom is 0.133 e. The zero-order valence-corrected chi connectivity index (χ0v) is 8.79. The fraction of sp³-hybridized carbons (Fsp3) is 0.143. The molecule has 0 saturated carbocycles. The van der Waals surface area contributed by atoms with Crippen LogP contribution in [0.5, 0.6) is 0 Å². The van der Waals surface area contributed by atoms with Crippen LogP contribution in [-0.4, -0.2) is 5.11 Å². The summed E-state index contributed by atoms with van der Waals surface area (Å²) in [5.41, 5.74) is 0.604. The summed E-state index contributed by atoms with van der Waals surface area (Å²) in [6, 6.07) is 0. The third-order valence-corrected chi connectivity index (χ3v) is 2.63. The highest BCUT2D eigenvalue weighted by Crippen LogP contribution is 2.26. The third-order valence-electron chi connectivity index (χ3n) is 0.850. The van der Waals surface area contributed by atoms with Crippen LogP contribution in [0.1, 0.15) is 6.92 Å². The summed E-state index contributed by atoms with van der Waals surface area (Å²) in [5.74, 6) is 0.127. The van der Waals surface area contributed by atoms with E-state index in [2.05, 4.69) is 45.0 Å². The number of aliphatic hydroxyl groups excluding tert-OH is 1. The standard InChI is InChI=1S/C7H8Br2O/c1-4(2)7(10)6(9)5(3)8/h10H,1,3H2,2H3/b7-6-. The number of halogens is 2. The fourth-order valence-corrected chi connectivity index (χ4v) is 0.842. The molecule has 3 heteroatoms. The van der Waals surface area contributed by atoms with Gasteiger partial charge in [-0.1, -0.05) is 29.1 Å². The van der Waals surface area contributed by atoms with Gasteiger partial charge in [0, 0.05) is 4.48 Å². The normalized spacial score (nSPS) is 12.3. The largest absolute Gasteiger partial charge is 0.506 e. The summed E-state index contributed by atoms with van der Waals surface area (Å²) in [6.07, 6.45) is 0. The van der Waals surface area contributed by atoms with Gasteiger partial charge in [-0.3, -0.25) is 0 Å². The molecule has 0 heterocycles. The molecule has 0 aromatic heterocycles. The highest BCUT2D eigenvalue weighted by Gasteiger charge is 2.03. The Kier molecular flexibility index (Phi) is 3.98. The molecule has 0 spiro atoms. The highest BCUT2D eigenvalue weighted by atomic mass is 79.9. The second kappa shape index (κ2) is 3.98. The second-order valence-corrected chi connectivity index (χ2v) is 3.60. The maximum absolute atomic E-state index is 9.21. The molecule has 0 atom stereocenters. The molecule has 0 aromatic rings. The molecular weight excluding hydrogens is 260 g/mol. The van der Waals surface area contributed by atoms with Crippen LogP contribution in [0.2, 0.25) is 0 Å². The molecule has 0 saturated heterocycles. The number of hydrogen-bond donors (Lipinski definition) is 1. The summed E-state index contributed by atoms with van der Waals surface area (Å²) in [4.78, 5) is 0. The monoisotopic (exact) mass is 266 g/mol. The van der Waals surface area contributed by atoms with Crippen LogP contribution in [0.15, 0.2) is 33.5 Å². The van der Waals surface area contributed by atoms with Crippen molar-refractivity contribution in [1.82, 2.24) is 0 Å². The smallest absolute Gasteiger partial charge is 0.133 e. The Morgan fingerprint density at radius 3 is 1.80 bits per heavy atom. The first-order valence-electron chi connectivity index (χ1n) is 2.56. The molecule has 56 valence electrons. The predicted octanol–water partition coefficient (Wildman–Crippen LogP) is 3.64. The zero-order chi connectivity index (χ0) is 8.31. The van der Waals surface area contributed by atoms with Crippen molar-refractivity contribution in [2.24, 2.45) is 0 Å². The minimum absolute atomic E-state index is 0.127. The van der Waals surface area contributed by atoms with Crippen LogP contribution in [0.3, 0.4) is 0 Å². The Morgan fingerprint density at radius 1 is 1.30 bits per heavy atom. The summed E-state index contributed by atoms with van der Waals surface area (Å²) >= 11 is 6.24. The van der Waals surface area contributed by atoms with Crippen molar-refractivity contribution in [2.75, 3.05) is 0 Å². The first-order valence-corrected chi connectivity index (χ1v) is 4.14. The summed E-state index contributed by atoms with van der Waals surface area (Å²) in [5, 5.41) is 9.21. The molecule has 1 nitrogen and oxygen atoms in total. The number of hydrogen-bond acceptors (Lipinski definition) is 1. The molecule has 0 fully saturated rings. The summed E-state index contributed by atoms with van der Waals surface area (Å²) < 4.78 is 1.15. The lowest BCUT2D eigenvalue weighted by Gasteiger charge is -2.00. The Balaban J connectivity index is 4.67. The van der Waals surface area contributed by atoms with Gasteiger partial charge < -0.3 is 5.11 Å². The third kappa shape index (κ3) is 2.71. The van der Waals surface area contributed by atoms with Gasteiger partial charge in [-0.05, 0) is 28.4 Å². The molecule has 0 radical (unpaired) electrons. The van der Waals surface area contributed by atoms with Gasteiger partial charge in [0.25, 0.3) is 0 Å². The minimum Gasteiger partial charge on any atom is -0.506 e. The second-order valence-electron chi connectivity index (χ2n) is 1.85. The molecule has 0 rings (SSSR count). The van der Waals surface area contributed by atoms with E-state index < -0.39 is 0 Å². The van der Waals surface area contributed by atoms with E-state index in [1.165, 1.54) is 0 Å². The fourth-order valence-electron chi connectivity index (χ4n) is 0.316. The predicted molar refractivity (Wildman–Crippen MR) is 51.5 cm³/mol. The Hall–Kier alpha value is -0.0200. The van der Waals surface area contributed by atoms with E-state index in [1.54, 1.807) is 6.92 Å². The van der Waals surface area contributed by atoms with Crippen molar-refractivity contribution in [3.05, 3.63) is 33.5 Å². The van der Waals surface area contributed by atoms with Crippen molar-refractivity contribution in [1.29, 1.82) is 0 Å². The Bertz CT molecular complexity index is 182. The van der Waals surface area contributed by atoms with E-state index in [-0.39, 0.29) is 5.76 Å². The molecular formula is C7H8Br2O. The SMILES string of the molecule is C=C(C)/C(O)=C(/Br)C(=C)Br. The van der Waals surface area contributed by atoms with Crippen LogP contribution >= 0.6 is 31.9 Å². The number of rotatable bonds is 2. The lowest BCUT2D eigenvalue weighted by molar-refractivity contribution is 0.423. The lowest BCUT2D eigenvalue weighted by Crippen LogP contribution is -1.84. The lowest BCUT2D eigenvalue weighted by atomic mass is 10.3. The van der Waals surface area contributed by atoms with Gasteiger partial charge >= 0.3 is 0 Å². The number of allylic oxidation sites excluding steroid dienone is 3. The van der Waals surface area contributed by atoms with Gasteiger partial charge in [0.05, 0.1) is 4.48 Å². The zero-order valence-electron chi connectivity index (χ0n) is 5.62. The van der Waals surface area contributed by atoms with Crippen LogP contribution in [0, 0.1) is 0 Å². The van der Waals surface area contributed by atoms with E-state index in [9.17, 15) is 5.11 Å². The van der Waals surface area contributed by atoms with Crippen molar-refractivity contribution < 1.29 is 5.11 Å². The van der Waals surface area contributed by atoms with Crippen molar-refractivity contribution in [2.45, 2.75) is 6.92 Å². The number of aliphatic hydroxyl groups is 1. The van der Waals surface area contributed by atoms with Crippen LogP contribution in [0.25, 0.3) is 0 Å². The molecule has 0 aliphatic heterocycles. The maximum atomic E-state index is 9.21. The van der Waals surface area contributed by atoms with Crippen LogP contribution in [0.4, 0.5) is 0 Å². The Labute approximate surface area is 77.4 Å². The molecule has 0 aliphatic carbocycles. The van der Waals surface area contributed by atoms with Gasteiger partial charge in [0.2, 0.25) is 0 Å². The van der Waals surface area contributed by atoms with Crippen LogP contribution in [-0.2, 0) is 0 Å². The van der Waals surface area contributed by atoms with Gasteiger partial charge in [0.1, 0.15) is 5.76 Å². The van der Waals surface area contributed by atoms with E-state index in [4.69, 9.17) is 0 Å². The van der Waals surface area contributed by atoms with Gasteiger partial charge in [-0.15, -0.1) is 0 Å². The quantitative estimate of drug-likeness (QED) is 0.598. The topological polar surface area (TPSA) is 20.2 Å². The molecule has 0 unspecified atom stereocenters. The van der Waals surface area contributed by atoms with Crippen molar-refractivity contribution in [3.8, 4) is 0 Å². The van der Waals surface area contributed by atoms with Gasteiger partial charge in [-0.2, -0.15) is 0 Å². The molecule has 1 N–H and O–H groups in total. The van der Waals surface area contributed by atoms with Crippen LogP contribution < -0.4 is 0 Å². The molecule has 0 bridgehead atoms. The van der Waals surface area contributed by atoms with Crippen molar-refractivity contribution in [3.63, 3.8) is 0 Å². The van der Waals surface area contributed by atoms with E-state index >= 15 is 0 Å². The van der Waals surface area contributed by atoms with Gasteiger partial charge in [0.15, 0.2) is 0 Å². The molecule has 10 heavy (non-hydrogen) atoms. The molecule has 0 amide bonds. The first kappa shape index (κ1) is 9.98. The van der Waals surface area contributed by atoms with Crippen molar-refractivity contribution >= 4 is 31.9 Å². The molecule has 0 aliphatic rings. The minimum atomic E-state index is 0.127. The van der Waals surface area contributed by atoms with E-state index in [1.807, 2.05) is 0 Å².